The summed E-state index contributed by atoms with van der Waals surface area (Å²) in [4.78, 5) is 67.3. The summed E-state index contributed by atoms with van der Waals surface area (Å²) in [7, 11) is -1.87. The van der Waals surface area contributed by atoms with E-state index in [1.807, 2.05) is 0 Å². The van der Waals surface area contributed by atoms with E-state index in [9.17, 15) is 32.4 Å². The highest BCUT2D eigenvalue weighted by molar-refractivity contribution is 7.92. The van der Waals surface area contributed by atoms with Crippen molar-refractivity contribution in [3.63, 3.8) is 0 Å². The van der Waals surface area contributed by atoms with Gasteiger partial charge in [0.2, 0.25) is 5.91 Å². The van der Waals surface area contributed by atoms with Crippen molar-refractivity contribution in [3.05, 3.63) is 44.6 Å². The number of aromatic nitrogens is 1. The van der Waals surface area contributed by atoms with Crippen molar-refractivity contribution >= 4 is 77.5 Å². The molecule has 0 fully saturated rings. The third-order valence-corrected chi connectivity index (χ3v) is 10.3. The van der Waals surface area contributed by atoms with Gasteiger partial charge in [-0.15, -0.1) is 11.3 Å². The van der Waals surface area contributed by atoms with E-state index in [4.69, 9.17) is 14.2 Å². The van der Waals surface area contributed by atoms with Gasteiger partial charge in [0.25, 0.3) is 5.91 Å². The van der Waals surface area contributed by atoms with Crippen LogP contribution in [0.3, 0.4) is 0 Å². The standard InChI is InChI=1S/C28H31N3O10S3/c1-4-41-27(36)24-17-8-6-5-7-9-19(17)42-25(24)29-21(32)14-44(37,38)15-22(33)30-28-31(13-23(34)39-2)18-11-10-16(26(35)40-3)12-20(18)43-28/h10-12H,4-9,13-15H2,1-3H3,(H,29,32). The quantitative estimate of drug-likeness (QED) is 0.192. The number of nitrogens with one attached hydrogen (secondary N) is 1. The molecule has 0 spiro atoms. The lowest BCUT2D eigenvalue weighted by Crippen LogP contribution is -2.29. The van der Waals surface area contributed by atoms with Gasteiger partial charge in [-0.05, 0) is 56.4 Å². The van der Waals surface area contributed by atoms with Gasteiger partial charge in [0, 0.05) is 4.88 Å². The topological polar surface area (TPSA) is 176 Å². The SMILES string of the molecule is CCOC(=O)c1c(NC(=O)CS(=O)(=O)CC(=O)N=c2sc3cc(C(=O)OC)ccc3n2CC(=O)OC)sc2c1CCCCC2. The Kier molecular flexibility index (Phi) is 10.7. The van der Waals surface area contributed by atoms with Crippen LogP contribution in [-0.4, -0.2) is 75.0 Å². The van der Waals surface area contributed by atoms with Crippen LogP contribution in [0.15, 0.2) is 23.2 Å². The average molecular weight is 666 g/mol. The molecule has 0 atom stereocenters. The molecule has 0 saturated heterocycles. The second-order valence-corrected chi connectivity index (χ2v) is 14.0. The minimum Gasteiger partial charge on any atom is -0.468 e. The number of amides is 2. The van der Waals surface area contributed by atoms with Crippen LogP contribution in [0.25, 0.3) is 10.2 Å². The number of rotatable bonds is 10. The molecule has 0 radical (unpaired) electrons. The van der Waals surface area contributed by atoms with E-state index in [2.05, 4.69) is 10.3 Å². The molecule has 0 unspecified atom stereocenters. The zero-order valence-corrected chi connectivity index (χ0v) is 26.7. The molecule has 0 aliphatic heterocycles. The fourth-order valence-corrected chi connectivity index (χ4v) is 8.13. The van der Waals surface area contributed by atoms with Gasteiger partial charge in [0.15, 0.2) is 14.6 Å². The normalized spacial score (nSPS) is 13.6. The first-order valence-corrected chi connectivity index (χ1v) is 17.1. The van der Waals surface area contributed by atoms with Crippen LogP contribution in [0.4, 0.5) is 5.00 Å². The summed E-state index contributed by atoms with van der Waals surface area (Å²) in [6.07, 6.45) is 4.24. The zero-order chi connectivity index (χ0) is 32.0. The molecular weight excluding hydrogens is 635 g/mol. The summed E-state index contributed by atoms with van der Waals surface area (Å²) >= 11 is 2.19. The number of hydrogen-bond acceptors (Lipinski definition) is 12. The maximum atomic E-state index is 12.9. The van der Waals surface area contributed by atoms with Crippen molar-refractivity contribution in [2.24, 2.45) is 4.99 Å². The third-order valence-electron chi connectivity index (χ3n) is 6.69. The number of fused-ring (bicyclic) bond motifs is 2. The van der Waals surface area contributed by atoms with Gasteiger partial charge >= 0.3 is 17.9 Å². The fraction of sp³-hybridized carbons (Fsp3) is 0.429. The van der Waals surface area contributed by atoms with Crippen LogP contribution < -0.4 is 10.1 Å². The Morgan fingerprint density at radius 2 is 1.73 bits per heavy atom. The Labute approximate surface area is 260 Å². The second-order valence-electron chi connectivity index (χ2n) is 9.80. The molecule has 2 amide bonds. The van der Waals surface area contributed by atoms with E-state index in [0.717, 1.165) is 47.5 Å². The van der Waals surface area contributed by atoms with E-state index < -0.39 is 51.1 Å². The van der Waals surface area contributed by atoms with E-state index in [0.29, 0.717) is 16.6 Å². The molecule has 3 aromatic rings. The van der Waals surface area contributed by atoms with Crippen molar-refractivity contribution in [3.8, 4) is 0 Å². The van der Waals surface area contributed by atoms with Crippen molar-refractivity contribution in [2.45, 2.75) is 45.6 Å². The summed E-state index contributed by atoms with van der Waals surface area (Å²) in [6, 6.07) is 4.52. The van der Waals surface area contributed by atoms with Gasteiger partial charge in [0.1, 0.15) is 23.1 Å². The molecule has 44 heavy (non-hydrogen) atoms. The monoisotopic (exact) mass is 665 g/mol. The maximum absolute atomic E-state index is 12.9. The van der Waals surface area contributed by atoms with Crippen LogP contribution >= 0.6 is 22.7 Å². The molecule has 1 aliphatic carbocycles. The number of thiazole rings is 1. The highest BCUT2D eigenvalue weighted by Crippen LogP contribution is 2.38. The van der Waals surface area contributed by atoms with Gasteiger partial charge in [-0.1, -0.05) is 17.8 Å². The van der Waals surface area contributed by atoms with Crippen LogP contribution in [0, 0.1) is 0 Å². The van der Waals surface area contributed by atoms with Gasteiger partial charge in [-0.25, -0.2) is 18.0 Å². The lowest BCUT2D eigenvalue weighted by Gasteiger charge is -2.08. The number of anilines is 1. The Bertz CT molecular complexity index is 1800. The number of nitrogens with zero attached hydrogens (tertiary/aromatic N) is 2. The minimum atomic E-state index is -4.29. The molecule has 2 aromatic heterocycles. The minimum absolute atomic E-state index is 0.00349. The van der Waals surface area contributed by atoms with Crippen molar-refractivity contribution in [1.82, 2.24) is 4.57 Å². The number of aryl methyl sites for hydroxylation is 1. The number of hydrogen-bond donors (Lipinski definition) is 1. The lowest BCUT2D eigenvalue weighted by molar-refractivity contribution is -0.141. The highest BCUT2D eigenvalue weighted by atomic mass is 32.2. The number of benzene rings is 1. The molecule has 4 rings (SSSR count). The molecule has 1 aromatic carbocycles. The number of carbonyl (C=O) groups excluding carboxylic acids is 5. The molecular formula is C28H31N3O10S3. The van der Waals surface area contributed by atoms with E-state index in [1.54, 1.807) is 13.0 Å². The number of thiophene rings is 1. The van der Waals surface area contributed by atoms with Crippen molar-refractivity contribution in [2.75, 3.05) is 37.6 Å². The van der Waals surface area contributed by atoms with E-state index in [-0.39, 0.29) is 34.1 Å². The molecule has 0 bridgehead atoms. The first-order chi connectivity index (χ1) is 21.0. The van der Waals surface area contributed by atoms with Crippen LogP contribution in [0.1, 0.15) is 57.3 Å². The Balaban J connectivity index is 1.55. The summed E-state index contributed by atoms with van der Waals surface area (Å²) < 4.78 is 42.2. The Hall–Kier alpha value is -3.89. The molecule has 13 nitrogen and oxygen atoms in total. The molecule has 2 heterocycles. The first-order valence-electron chi connectivity index (χ1n) is 13.6. The predicted octanol–water partition coefficient (Wildman–Crippen LogP) is 2.65. The first kappa shape index (κ1) is 33.0. The number of sulfone groups is 1. The largest absolute Gasteiger partial charge is 0.468 e. The van der Waals surface area contributed by atoms with E-state index >= 15 is 0 Å². The lowest BCUT2D eigenvalue weighted by atomic mass is 10.1. The fourth-order valence-electron chi connectivity index (χ4n) is 4.74. The van der Waals surface area contributed by atoms with Crippen LogP contribution in [-0.2, 0) is 57.8 Å². The number of ether oxygens (including phenoxy) is 3. The average Bonchev–Trinajstić information content (AvgIpc) is 3.37. The van der Waals surface area contributed by atoms with Gasteiger partial charge in [-0.2, -0.15) is 4.99 Å². The van der Waals surface area contributed by atoms with Crippen molar-refractivity contribution < 1.29 is 46.6 Å². The maximum Gasteiger partial charge on any atom is 0.341 e. The zero-order valence-electron chi connectivity index (χ0n) is 24.3. The molecule has 1 aliphatic rings. The summed E-state index contributed by atoms with van der Waals surface area (Å²) in [5.74, 6) is -5.88. The second kappa shape index (κ2) is 14.3. The van der Waals surface area contributed by atoms with Gasteiger partial charge < -0.3 is 24.1 Å². The molecule has 236 valence electrons. The third kappa shape index (κ3) is 7.78. The summed E-state index contributed by atoms with van der Waals surface area (Å²) in [5, 5.41) is 2.78. The van der Waals surface area contributed by atoms with Crippen LogP contribution in [0.2, 0.25) is 0 Å². The van der Waals surface area contributed by atoms with Crippen molar-refractivity contribution in [1.29, 1.82) is 0 Å². The van der Waals surface area contributed by atoms with Gasteiger partial charge in [0.05, 0.1) is 42.2 Å². The number of carbonyl (C=O) groups is 5. The van der Waals surface area contributed by atoms with E-state index in [1.165, 1.54) is 42.3 Å². The molecule has 1 N–H and O–H groups in total. The smallest absolute Gasteiger partial charge is 0.341 e. The van der Waals surface area contributed by atoms with Gasteiger partial charge in [-0.3, -0.25) is 14.4 Å². The summed E-state index contributed by atoms with van der Waals surface area (Å²) in [6.45, 7) is 1.48. The number of esters is 3. The highest BCUT2D eigenvalue weighted by Gasteiger charge is 2.28. The summed E-state index contributed by atoms with van der Waals surface area (Å²) in [5.41, 5.74) is 1.75. The predicted molar refractivity (Wildman–Crippen MR) is 163 cm³/mol. The Morgan fingerprint density at radius 1 is 0.977 bits per heavy atom. The molecule has 16 heteroatoms. The Morgan fingerprint density at radius 3 is 2.43 bits per heavy atom. The molecule has 0 saturated carbocycles. The van der Waals surface area contributed by atoms with Crippen LogP contribution in [0.5, 0.6) is 0 Å². The number of methoxy groups -OCH3 is 2.